The van der Waals surface area contributed by atoms with Crippen LogP contribution in [0.1, 0.15) is 39.5 Å². The number of fused-ring (bicyclic) bond motifs is 1. The zero-order chi connectivity index (χ0) is 14.2. The molecule has 3 atom stereocenters. The number of ether oxygens (including phenoxy) is 1. The van der Waals surface area contributed by atoms with Crippen molar-refractivity contribution in [2.24, 2.45) is 17.3 Å². The van der Waals surface area contributed by atoms with Crippen LogP contribution >= 0.6 is 0 Å². The topological polar surface area (TPSA) is 43.4 Å². The quantitative estimate of drug-likeness (QED) is 0.567. The zero-order valence-electron chi connectivity index (χ0n) is 12.0. The highest BCUT2D eigenvalue weighted by molar-refractivity contribution is 5.92. The lowest BCUT2D eigenvalue weighted by Gasteiger charge is -2.47. The molecule has 19 heavy (non-hydrogen) atoms. The Hall–Kier alpha value is -1.38. The minimum absolute atomic E-state index is 0.0583. The van der Waals surface area contributed by atoms with E-state index in [-0.39, 0.29) is 23.1 Å². The van der Waals surface area contributed by atoms with Crippen molar-refractivity contribution in [1.82, 2.24) is 0 Å². The Morgan fingerprint density at radius 1 is 1.53 bits per heavy atom. The predicted octanol–water partition coefficient (Wildman–Crippen LogP) is 3.06. The van der Waals surface area contributed by atoms with Crippen LogP contribution in [-0.4, -0.2) is 18.9 Å². The monoisotopic (exact) mass is 262 g/mol. The number of hydrogen-bond acceptors (Lipinski definition) is 3. The number of carbonyl (C=O) groups excluding carboxylic acids is 2. The number of ketones is 1. The first-order chi connectivity index (χ1) is 8.87. The largest absolute Gasteiger partial charge is 0.466 e. The summed E-state index contributed by atoms with van der Waals surface area (Å²) in [5.74, 6) is 0.496. The van der Waals surface area contributed by atoms with Crippen molar-refractivity contribution in [2.75, 3.05) is 7.11 Å². The molecule has 2 aliphatic carbocycles. The molecule has 0 aromatic carbocycles. The van der Waals surface area contributed by atoms with Gasteiger partial charge in [0.05, 0.1) is 7.11 Å². The Morgan fingerprint density at radius 3 is 2.84 bits per heavy atom. The summed E-state index contributed by atoms with van der Waals surface area (Å²) in [7, 11) is 1.39. The summed E-state index contributed by atoms with van der Waals surface area (Å²) in [5, 5.41) is 0. The van der Waals surface area contributed by atoms with Crippen molar-refractivity contribution in [3.63, 3.8) is 0 Å². The minimum atomic E-state index is -0.304. The molecule has 1 fully saturated rings. The van der Waals surface area contributed by atoms with Crippen LogP contribution in [0.15, 0.2) is 23.8 Å². The summed E-state index contributed by atoms with van der Waals surface area (Å²) in [5.41, 5.74) is 1.79. The molecular weight excluding hydrogens is 240 g/mol. The summed E-state index contributed by atoms with van der Waals surface area (Å²) in [6.45, 7) is 8.12. The van der Waals surface area contributed by atoms with Gasteiger partial charge < -0.3 is 4.74 Å². The summed E-state index contributed by atoms with van der Waals surface area (Å²) < 4.78 is 4.76. The maximum absolute atomic E-state index is 11.7. The fourth-order valence-electron chi connectivity index (χ4n) is 3.73. The SMILES string of the molecule is C=C(C(=O)OC)C1CCC2(C)CC(=O)C=C(C)C2C1. The number of allylic oxidation sites excluding steroid dienone is 2. The van der Waals surface area contributed by atoms with Gasteiger partial charge in [-0.05, 0) is 49.5 Å². The first-order valence-corrected chi connectivity index (χ1v) is 6.85. The summed E-state index contributed by atoms with van der Waals surface area (Å²) in [6, 6.07) is 0. The van der Waals surface area contributed by atoms with Crippen molar-refractivity contribution in [3.05, 3.63) is 23.8 Å². The van der Waals surface area contributed by atoms with Gasteiger partial charge in [0.1, 0.15) is 0 Å². The lowest BCUT2D eigenvalue weighted by molar-refractivity contribution is -0.137. The summed E-state index contributed by atoms with van der Waals surface area (Å²) in [6.07, 6.45) is 5.19. The van der Waals surface area contributed by atoms with Gasteiger partial charge in [-0.1, -0.05) is 19.1 Å². The van der Waals surface area contributed by atoms with Crippen LogP contribution in [0.25, 0.3) is 0 Å². The van der Waals surface area contributed by atoms with Gasteiger partial charge in [-0.3, -0.25) is 4.79 Å². The van der Waals surface area contributed by atoms with Crippen LogP contribution in [0.5, 0.6) is 0 Å². The molecule has 3 unspecified atom stereocenters. The van der Waals surface area contributed by atoms with E-state index in [0.29, 0.717) is 17.9 Å². The maximum Gasteiger partial charge on any atom is 0.333 e. The van der Waals surface area contributed by atoms with Crippen LogP contribution in [-0.2, 0) is 14.3 Å². The van der Waals surface area contributed by atoms with Gasteiger partial charge in [0, 0.05) is 12.0 Å². The maximum atomic E-state index is 11.7. The van der Waals surface area contributed by atoms with Gasteiger partial charge in [-0.25, -0.2) is 4.79 Å². The predicted molar refractivity (Wildman–Crippen MR) is 73.5 cm³/mol. The van der Waals surface area contributed by atoms with E-state index in [2.05, 4.69) is 13.5 Å². The van der Waals surface area contributed by atoms with Crippen molar-refractivity contribution < 1.29 is 14.3 Å². The number of methoxy groups -OCH3 is 1. The third kappa shape index (κ3) is 2.51. The lowest BCUT2D eigenvalue weighted by atomic mass is 9.57. The molecule has 0 aromatic rings. The van der Waals surface area contributed by atoms with E-state index in [1.807, 2.05) is 6.92 Å². The molecule has 0 radical (unpaired) electrons. The molecule has 1 saturated carbocycles. The van der Waals surface area contributed by atoms with Crippen LogP contribution in [0.4, 0.5) is 0 Å². The van der Waals surface area contributed by atoms with Crippen LogP contribution in [0.2, 0.25) is 0 Å². The standard InChI is InChI=1S/C16H22O3/c1-10-7-13(17)9-16(3)6-5-12(8-14(10)16)11(2)15(18)19-4/h7,12,14H,2,5-6,8-9H2,1,3-4H3. The molecule has 3 heteroatoms. The smallest absolute Gasteiger partial charge is 0.333 e. The van der Waals surface area contributed by atoms with Gasteiger partial charge in [0.25, 0.3) is 0 Å². The van der Waals surface area contributed by atoms with E-state index in [9.17, 15) is 9.59 Å². The number of hydrogen-bond donors (Lipinski definition) is 0. The molecule has 0 N–H and O–H groups in total. The van der Waals surface area contributed by atoms with E-state index < -0.39 is 0 Å². The first-order valence-electron chi connectivity index (χ1n) is 6.85. The Morgan fingerprint density at radius 2 is 2.21 bits per heavy atom. The van der Waals surface area contributed by atoms with Gasteiger partial charge in [0.2, 0.25) is 0 Å². The molecule has 0 spiro atoms. The average Bonchev–Trinajstić information content (AvgIpc) is 2.35. The van der Waals surface area contributed by atoms with Crippen molar-refractivity contribution in [3.8, 4) is 0 Å². The number of esters is 1. The molecule has 104 valence electrons. The molecule has 2 rings (SSSR count). The molecule has 0 aliphatic heterocycles. The first kappa shape index (κ1) is 14.0. The highest BCUT2D eigenvalue weighted by atomic mass is 16.5. The average molecular weight is 262 g/mol. The summed E-state index contributed by atoms with van der Waals surface area (Å²) >= 11 is 0. The van der Waals surface area contributed by atoms with E-state index in [1.54, 1.807) is 6.08 Å². The fraction of sp³-hybridized carbons (Fsp3) is 0.625. The normalized spacial score (nSPS) is 34.3. The number of rotatable bonds is 2. The number of carbonyl (C=O) groups is 2. The second kappa shape index (κ2) is 4.95. The van der Waals surface area contributed by atoms with Crippen molar-refractivity contribution >= 4 is 11.8 Å². The minimum Gasteiger partial charge on any atom is -0.466 e. The third-order valence-electron chi connectivity index (χ3n) is 4.88. The van der Waals surface area contributed by atoms with Crippen LogP contribution in [0, 0.1) is 17.3 Å². The van der Waals surface area contributed by atoms with E-state index in [1.165, 1.54) is 7.11 Å². The molecule has 0 amide bonds. The van der Waals surface area contributed by atoms with Crippen molar-refractivity contribution in [1.29, 1.82) is 0 Å². The second-order valence-corrected chi connectivity index (χ2v) is 6.23. The van der Waals surface area contributed by atoms with E-state index >= 15 is 0 Å². The Balaban J connectivity index is 2.19. The van der Waals surface area contributed by atoms with Gasteiger partial charge in [-0.2, -0.15) is 0 Å². The highest BCUT2D eigenvalue weighted by Gasteiger charge is 2.45. The lowest BCUT2D eigenvalue weighted by Crippen LogP contribution is -2.40. The highest BCUT2D eigenvalue weighted by Crippen LogP contribution is 2.52. The summed E-state index contributed by atoms with van der Waals surface area (Å²) in [4.78, 5) is 23.3. The van der Waals surface area contributed by atoms with Crippen LogP contribution in [0.3, 0.4) is 0 Å². The molecule has 0 aromatic heterocycles. The fourth-order valence-corrected chi connectivity index (χ4v) is 3.73. The second-order valence-electron chi connectivity index (χ2n) is 6.23. The Bertz CT molecular complexity index is 461. The molecule has 0 saturated heterocycles. The van der Waals surface area contributed by atoms with Crippen molar-refractivity contribution in [2.45, 2.75) is 39.5 Å². The molecule has 2 aliphatic rings. The molecule has 3 nitrogen and oxygen atoms in total. The Kier molecular flexibility index (Phi) is 3.66. The molecule has 0 bridgehead atoms. The van der Waals surface area contributed by atoms with Gasteiger partial charge in [0.15, 0.2) is 5.78 Å². The van der Waals surface area contributed by atoms with Gasteiger partial charge >= 0.3 is 5.97 Å². The Labute approximate surface area is 114 Å². The third-order valence-corrected chi connectivity index (χ3v) is 4.88. The van der Waals surface area contributed by atoms with Crippen LogP contribution < -0.4 is 0 Å². The van der Waals surface area contributed by atoms with E-state index in [0.717, 1.165) is 24.8 Å². The zero-order valence-corrected chi connectivity index (χ0v) is 12.0. The van der Waals surface area contributed by atoms with E-state index in [4.69, 9.17) is 4.74 Å². The van der Waals surface area contributed by atoms with Gasteiger partial charge in [-0.15, -0.1) is 0 Å². The molecule has 0 heterocycles. The molecular formula is C16H22O3.